The number of aromatic nitrogens is 5. The molecule has 0 aliphatic rings. The normalized spacial score (nSPS) is 11.2. The fourth-order valence-corrected chi connectivity index (χ4v) is 3.92. The van der Waals surface area contributed by atoms with E-state index in [1.165, 1.54) is 0 Å². The summed E-state index contributed by atoms with van der Waals surface area (Å²) in [5, 5.41) is 12.5. The minimum atomic E-state index is -0.126. The highest BCUT2D eigenvalue weighted by Gasteiger charge is 2.16. The maximum absolute atomic E-state index is 12.9. The standard InChI is InChI=1S/C24H22N6O2/c1-15-18(5-3-7-22(15)30-23-21(28-29-30)6-4-11-25-23)24(31)26-12-10-16-14-27-20-9-8-17(32-2)13-19(16)20/h3-9,11,13-14,27H,10,12H2,1-2H3,(H,26,31). The number of ether oxygens (including phenoxy) is 1. The molecule has 0 atom stereocenters. The molecular formula is C24H22N6O2. The molecule has 0 aliphatic carbocycles. The van der Waals surface area contributed by atoms with E-state index in [4.69, 9.17) is 4.74 Å². The molecule has 0 fully saturated rings. The fourth-order valence-electron chi connectivity index (χ4n) is 3.92. The number of nitrogens with zero attached hydrogens (tertiary/aromatic N) is 4. The number of hydrogen-bond acceptors (Lipinski definition) is 5. The van der Waals surface area contributed by atoms with Gasteiger partial charge in [-0.2, -0.15) is 4.68 Å². The average Bonchev–Trinajstić information content (AvgIpc) is 3.43. The van der Waals surface area contributed by atoms with Crippen molar-refractivity contribution < 1.29 is 9.53 Å². The van der Waals surface area contributed by atoms with E-state index in [0.29, 0.717) is 29.7 Å². The van der Waals surface area contributed by atoms with Crippen LogP contribution in [0.5, 0.6) is 5.75 Å². The molecule has 0 spiro atoms. The zero-order valence-corrected chi connectivity index (χ0v) is 17.8. The lowest BCUT2D eigenvalue weighted by atomic mass is 10.1. The van der Waals surface area contributed by atoms with E-state index >= 15 is 0 Å². The summed E-state index contributed by atoms with van der Waals surface area (Å²) >= 11 is 0. The van der Waals surface area contributed by atoms with E-state index in [2.05, 4.69) is 25.6 Å². The molecule has 2 N–H and O–H groups in total. The van der Waals surface area contributed by atoms with Crippen molar-refractivity contribution in [1.29, 1.82) is 0 Å². The summed E-state index contributed by atoms with van der Waals surface area (Å²) < 4.78 is 7.00. The predicted molar refractivity (Wildman–Crippen MR) is 122 cm³/mol. The molecular weight excluding hydrogens is 404 g/mol. The summed E-state index contributed by atoms with van der Waals surface area (Å²) in [6.45, 7) is 2.42. The van der Waals surface area contributed by atoms with Crippen molar-refractivity contribution in [1.82, 2.24) is 30.3 Å². The minimum absolute atomic E-state index is 0.126. The van der Waals surface area contributed by atoms with Gasteiger partial charge in [-0.3, -0.25) is 4.79 Å². The molecule has 5 rings (SSSR count). The molecule has 0 unspecified atom stereocenters. The number of methoxy groups -OCH3 is 1. The monoisotopic (exact) mass is 426 g/mol. The Morgan fingerprint density at radius 1 is 1.19 bits per heavy atom. The third kappa shape index (κ3) is 3.45. The molecule has 8 nitrogen and oxygen atoms in total. The summed E-state index contributed by atoms with van der Waals surface area (Å²) in [4.78, 5) is 20.6. The SMILES string of the molecule is COc1ccc2[nH]cc(CCNC(=O)c3cccc(-n4nnc5cccnc54)c3C)c2c1. The van der Waals surface area contributed by atoms with Gasteiger partial charge < -0.3 is 15.0 Å². The van der Waals surface area contributed by atoms with Gasteiger partial charge in [0.05, 0.1) is 12.8 Å². The van der Waals surface area contributed by atoms with E-state index in [1.54, 1.807) is 18.0 Å². The van der Waals surface area contributed by atoms with Crippen LogP contribution in [0.1, 0.15) is 21.5 Å². The Bertz CT molecular complexity index is 1440. The Kier molecular flexibility index (Phi) is 5.03. The number of H-pyrrole nitrogens is 1. The Hall–Kier alpha value is -4.20. The van der Waals surface area contributed by atoms with Gasteiger partial charge in [0, 0.05) is 35.4 Å². The van der Waals surface area contributed by atoms with Gasteiger partial charge in [-0.05, 0) is 66.9 Å². The van der Waals surface area contributed by atoms with Crippen LogP contribution in [0, 0.1) is 6.92 Å². The third-order valence-electron chi connectivity index (χ3n) is 5.64. The summed E-state index contributed by atoms with van der Waals surface area (Å²) in [5.41, 5.74) is 5.73. The molecule has 0 bridgehead atoms. The molecule has 2 aromatic carbocycles. The quantitative estimate of drug-likeness (QED) is 0.432. The van der Waals surface area contributed by atoms with E-state index in [1.807, 2.05) is 61.7 Å². The number of carbonyl (C=O) groups is 1. The van der Waals surface area contributed by atoms with Crippen LogP contribution in [0.25, 0.3) is 27.8 Å². The number of hydrogen-bond donors (Lipinski definition) is 2. The Balaban J connectivity index is 1.34. The molecule has 8 heteroatoms. The highest BCUT2D eigenvalue weighted by atomic mass is 16.5. The second-order valence-corrected chi connectivity index (χ2v) is 7.53. The topological polar surface area (TPSA) is 97.7 Å². The predicted octanol–water partition coefficient (Wildman–Crippen LogP) is 3.59. The third-order valence-corrected chi connectivity index (χ3v) is 5.64. The fraction of sp³-hybridized carbons (Fsp3) is 0.167. The Morgan fingerprint density at radius 3 is 2.97 bits per heavy atom. The highest BCUT2D eigenvalue weighted by Crippen LogP contribution is 2.24. The van der Waals surface area contributed by atoms with Crippen LogP contribution < -0.4 is 10.1 Å². The van der Waals surface area contributed by atoms with E-state index < -0.39 is 0 Å². The molecule has 5 aromatic rings. The van der Waals surface area contributed by atoms with Gasteiger partial charge in [0.1, 0.15) is 11.3 Å². The summed E-state index contributed by atoms with van der Waals surface area (Å²) in [6, 6.07) is 15.2. The van der Waals surface area contributed by atoms with Crippen molar-refractivity contribution in [2.75, 3.05) is 13.7 Å². The van der Waals surface area contributed by atoms with Crippen LogP contribution >= 0.6 is 0 Å². The largest absolute Gasteiger partial charge is 0.497 e. The molecule has 0 saturated heterocycles. The van der Waals surface area contributed by atoms with E-state index in [-0.39, 0.29) is 5.91 Å². The molecule has 160 valence electrons. The van der Waals surface area contributed by atoms with Crippen LogP contribution in [0.4, 0.5) is 0 Å². The number of aromatic amines is 1. The number of benzene rings is 2. The first-order valence-electron chi connectivity index (χ1n) is 10.3. The number of nitrogens with one attached hydrogen (secondary N) is 2. The highest BCUT2D eigenvalue weighted by molar-refractivity contribution is 5.96. The van der Waals surface area contributed by atoms with Gasteiger partial charge in [-0.25, -0.2) is 4.98 Å². The first-order valence-corrected chi connectivity index (χ1v) is 10.3. The summed E-state index contributed by atoms with van der Waals surface area (Å²) in [7, 11) is 1.66. The first-order chi connectivity index (χ1) is 15.7. The van der Waals surface area contributed by atoms with Crippen LogP contribution in [0.3, 0.4) is 0 Å². The maximum atomic E-state index is 12.9. The number of carbonyl (C=O) groups excluding carboxylic acids is 1. The number of pyridine rings is 1. The second-order valence-electron chi connectivity index (χ2n) is 7.53. The number of amides is 1. The van der Waals surface area contributed by atoms with Crippen LogP contribution in [0.2, 0.25) is 0 Å². The second kappa shape index (κ2) is 8.14. The molecule has 3 heterocycles. The average molecular weight is 426 g/mol. The lowest BCUT2D eigenvalue weighted by molar-refractivity contribution is 0.0953. The van der Waals surface area contributed by atoms with Gasteiger partial charge in [0.15, 0.2) is 5.65 Å². The summed E-state index contributed by atoms with van der Waals surface area (Å²) in [6.07, 6.45) is 4.38. The Morgan fingerprint density at radius 2 is 2.09 bits per heavy atom. The molecule has 0 aliphatic heterocycles. The zero-order valence-electron chi connectivity index (χ0n) is 17.8. The van der Waals surface area contributed by atoms with Gasteiger partial charge in [-0.1, -0.05) is 11.3 Å². The minimum Gasteiger partial charge on any atom is -0.497 e. The lowest BCUT2D eigenvalue weighted by Crippen LogP contribution is -2.26. The van der Waals surface area contributed by atoms with Crippen molar-refractivity contribution in [2.45, 2.75) is 13.3 Å². The van der Waals surface area contributed by atoms with E-state index in [9.17, 15) is 4.79 Å². The maximum Gasteiger partial charge on any atom is 0.251 e. The van der Waals surface area contributed by atoms with Gasteiger partial charge in [0.2, 0.25) is 0 Å². The van der Waals surface area contributed by atoms with Crippen molar-refractivity contribution in [3.63, 3.8) is 0 Å². The van der Waals surface area contributed by atoms with Crippen molar-refractivity contribution >= 4 is 28.0 Å². The molecule has 0 radical (unpaired) electrons. The van der Waals surface area contributed by atoms with Crippen molar-refractivity contribution in [3.05, 3.63) is 77.6 Å². The zero-order chi connectivity index (χ0) is 22.1. The summed E-state index contributed by atoms with van der Waals surface area (Å²) in [5.74, 6) is 0.684. The number of rotatable bonds is 6. The van der Waals surface area contributed by atoms with Crippen molar-refractivity contribution in [2.24, 2.45) is 0 Å². The van der Waals surface area contributed by atoms with Crippen LogP contribution in [-0.2, 0) is 6.42 Å². The van der Waals surface area contributed by atoms with Crippen LogP contribution in [-0.4, -0.2) is 44.5 Å². The van der Waals surface area contributed by atoms with Crippen LogP contribution in [0.15, 0.2) is 60.9 Å². The van der Waals surface area contributed by atoms with Gasteiger partial charge in [0.25, 0.3) is 5.91 Å². The van der Waals surface area contributed by atoms with Gasteiger partial charge >= 0.3 is 0 Å². The molecule has 0 saturated carbocycles. The number of fused-ring (bicyclic) bond motifs is 2. The lowest BCUT2D eigenvalue weighted by Gasteiger charge is -2.11. The molecule has 32 heavy (non-hydrogen) atoms. The van der Waals surface area contributed by atoms with E-state index in [0.717, 1.165) is 33.5 Å². The van der Waals surface area contributed by atoms with Crippen molar-refractivity contribution in [3.8, 4) is 11.4 Å². The molecule has 1 amide bonds. The molecule has 3 aromatic heterocycles. The Labute approximate surface area is 184 Å². The first kappa shape index (κ1) is 19.7. The van der Waals surface area contributed by atoms with Gasteiger partial charge in [-0.15, -0.1) is 5.10 Å². The smallest absolute Gasteiger partial charge is 0.251 e.